The van der Waals surface area contributed by atoms with Gasteiger partial charge in [0.05, 0.1) is 17.5 Å². The van der Waals surface area contributed by atoms with Gasteiger partial charge in [-0.15, -0.1) is 0 Å². The Bertz CT molecular complexity index is 970. The molecule has 1 aliphatic heterocycles. The Morgan fingerprint density at radius 1 is 1.46 bits per heavy atom. The molecule has 4 N–H and O–H groups in total. The maximum atomic E-state index is 12.4. The molecule has 150 valence electrons. The lowest BCUT2D eigenvalue weighted by molar-refractivity contribution is -0.118. The Kier molecular flexibility index (Phi) is 6.91. The minimum absolute atomic E-state index is 0.0240. The monoisotopic (exact) mass is 487 g/mol. The van der Waals surface area contributed by atoms with Crippen LogP contribution in [0.2, 0.25) is 0 Å². The lowest BCUT2D eigenvalue weighted by atomic mass is 10.1. The van der Waals surface area contributed by atoms with Crippen molar-refractivity contribution in [2.75, 3.05) is 13.2 Å². The molecule has 0 aromatic carbocycles. The molecule has 2 aromatic heterocycles. The van der Waals surface area contributed by atoms with Crippen molar-refractivity contribution in [3.63, 3.8) is 0 Å². The second kappa shape index (κ2) is 9.20. The van der Waals surface area contributed by atoms with Gasteiger partial charge in [0.1, 0.15) is 9.34 Å². The van der Waals surface area contributed by atoms with Crippen LogP contribution in [0.25, 0.3) is 11.0 Å². The highest BCUT2D eigenvalue weighted by Crippen LogP contribution is 2.25. The highest BCUT2D eigenvalue weighted by Gasteiger charge is 2.22. The molecule has 1 saturated heterocycles. The fourth-order valence-corrected chi connectivity index (χ4v) is 4.33. The number of fused-ring (bicyclic) bond motifs is 1. The molecule has 2 aromatic rings. The normalized spacial score (nSPS) is 16.1. The van der Waals surface area contributed by atoms with E-state index in [1.165, 1.54) is 6.20 Å². The molecule has 0 bridgehead atoms. The quantitative estimate of drug-likeness (QED) is 0.223. The van der Waals surface area contributed by atoms with Crippen LogP contribution in [0.5, 0.6) is 0 Å². The molecule has 0 aliphatic carbocycles. The van der Waals surface area contributed by atoms with E-state index in [1.54, 1.807) is 11.6 Å². The number of aromatic amines is 1. The lowest BCUT2D eigenvalue weighted by Crippen LogP contribution is -2.34. The first-order valence-electron chi connectivity index (χ1n) is 8.38. The zero-order valence-electron chi connectivity index (χ0n) is 14.8. The number of H-pyrrole nitrogens is 1. The zero-order chi connectivity index (χ0) is 20.3. The van der Waals surface area contributed by atoms with Gasteiger partial charge >= 0.3 is 0 Å². The summed E-state index contributed by atoms with van der Waals surface area (Å²) in [5.74, 6) is -0.420. The average Bonchev–Trinajstić information content (AvgIpc) is 3.06. The van der Waals surface area contributed by atoms with Crippen LogP contribution in [-0.2, 0) is 9.53 Å². The third kappa shape index (κ3) is 5.01. The van der Waals surface area contributed by atoms with Gasteiger partial charge in [-0.3, -0.25) is 20.4 Å². The minimum atomic E-state index is -0.606. The van der Waals surface area contributed by atoms with Crippen molar-refractivity contribution < 1.29 is 9.53 Å². The Balaban J connectivity index is 1.77. The number of nitrogens with zero attached hydrogens (tertiary/aromatic N) is 3. The average molecular weight is 488 g/mol. The summed E-state index contributed by atoms with van der Waals surface area (Å²) in [7, 11) is 0. The highest BCUT2D eigenvalue weighted by atomic mass is 79.9. The van der Waals surface area contributed by atoms with Crippen molar-refractivity contribution in [3.05, 3.63) is 16.6 Å². The van der Waals surface area contributed by atoms with Crippen LogP contribution >= 0.6 is 39.5 Å². The summed E-state index contributed by atoms with van der Waals surface area (Å²) in [6, 6.07) is 0.121. The van der Waals surface area contributed by atoms with E-state index in [2.05, 4.69) is 36.3 Å². The van der Waals surface area contributed by atoms with Crippen LogP contribution in [0.4, 0.5) is 0 Å². The molecule has 28 heavy (non-hydrogen) atoms. The van der Waals surface area contributed by atoms with Crippen LogP contribution < -0.4 is 10.9 Å². The molecule has 3 rings (SSSR count). The van der Waals surface area contributed by atoms with E-state index in [1.807, 2.05) is 0 Å². The number of amidine groups is 1. The lowest BCUT2D eigenvalue weighted by Gasteiger charge is -2.22. The molecule has 1 unspecified atom stereocenters. The van der Waals surface area contributed by atoms with Gasteiger partial charge in [-0.25, -0.2) is 9.67 Å². The van der Waals surface area contributed by atoms with Crippen LogP contribution in [0.15, 0.2) is 16.1 Å². The zero-order valence-corrected chi connectivity index (χ0v) is 18.0. The van der Waals surface area contributed by atoms with Gasteiger partial charge in [0.15, 0.2) is 16.0 Å². The molecular weight excluding hydrogens is 470 g/mol. The summed E-state index contributed by atoms with van der Waals surface area (Å²) < 4.78 is 7.16. The van der Waals surface area contributed by atoms with E-state index in [-0.39, 0.29) is 20.7 Å². The SMILES string of the molecule is CC(Sc1nc2c(cnn2C2CCOCC2)c(=O)[nH]1)C(=O)NC(=N)SC(=N)Br. The van der Waals surface area contributed by atoms with Gasteiger partial charge in [0, 0.05) is 13.2 Å². The van der Waals surface area contributed by atoms with Crippen LogP contribution in [0.1, 0.15) is 25.8 Å². The van der Waals surface area contributed by atoms with Crippen molar-refractivity contribution in [3.8, 4) is 0 Å². The largest absolute Gasteiger partial charge is 0.381 e. The van der Waals surface area contributed by atoms with Gasteiger partial charge in [-0.2, -0.15) is 5.10 Å². The van der Waals surface area contributed by atoms with Crippen molar-refractivity contribution in [2.24, 2.45) is 0 Å². The van der Waals surface area contributed by atoms with Crippen LogP contribution in [-0.4, -0.2) is 53.2 Å². The maximum absolute atomic E-state index is 12.4. The van der Waals surface area contributed by atoms with E-state index in [0.717, 1.165) is 36.4 Å². The second-order valence-corrected chi connectivity index (χ2v) is 9.66. The Labute approximate surface area is 176 Å². The summed E-state index contributed by atoms with van der Waals surface area (Å²) >= 11 is 4.77. The number of hydrogen-bond donors (Lipinski definition) is 4. The molecule has 13 heteroatoms. The van der Waals surface area contributed by atoms with Crippen LogP contribution in [0.3, 0.4) is 0 Å². The first kappa shape index (κ1) is 21.0. The van der Waals surface area contributed by atoms with Crippen molar-refractivity contribution in [2.45, 2.75) is 36.2 Å². The van der Waals surface area contributed by atoms with Gasteiger partial charge in [0.25, 0.3) is 5.56 Å². The highest BCUT2D eigenvalue weighted by molar-refractivity contribution is 9.22. The topological polar surface area (TPSA) is 150 Å². The fourth-order valence-electron chi connectivity index (χ4n) is 2.72. The number of carbonyl (C=O) groups is 1. The van der Waals surface area contributed by atoms with E-state index >= 15 is 0 Å². The van der Waals surface area contributed by atoms with Crippen LogP contribution in [0, 0.1) is 10.8 Å². The standard InChI is InChI=1S/C15H18BrN7O3S2/c1-7(11(24)21-14(18)28-13(16)17)27-15-20-10-9(12(25)22-15)6-19-23(10)8-2-4-26-5-3-8/h6-8,17H,2-5H2,1H3,(H2,18,21,24)(H,20,22,25). The van der Waals surface area contributed by atoms with E-state index < -0.39 is 11.2 Å². The third-order valence-corrected chi connectivity index (χ3v) is 6.02. The van der Waals surface area contributed by atoms with E-state index in [9.17, 15) is 9.59 Å². The molecule has 10 nitrogen and oxygen atoms in total. The number of ether oxygens (including phenoxy) is 1. The number of thioether (sulfide) groups is 2. The predicted octanol–water partition coefficient (Wildman–Crippen LogP) is 2.07. The second-order valence-electron chi connectivity index (χ2n) is 6.00. The summed E-state index contributed by atoms with van der Waals surface area (Å²) in [5, 5.41) is 21.6. The number of halogens is 1. The first-order chi connectivity index (χ1) is 13.3. The van der Waals surface area contributed by atoms with Gasteiger partial charge < -0.3 is 15.0 Å². The molecule has 1 fully saturated rings. The molecule has 0 radical (unpaired) electrons. The number of carbonyl (C=O) groups excluding carboxylic acids is 1. The first-order valence-corrected chi connectivity index (χ1v) is 10.9. The molecule has 3 heterocycles. The maximum Gasteiger partial charge on any atom is 0.262 e. The number of amides is 1. The predicted molar refractivity (Wildman–Crippen MR) is 113 cm³/mol. The van der Waals surface area contributed by atoms with Gasteiger partial charge in [-0.05, 0) is 47.5 Å². The summed E-state index contributed by atoms with van der Waals surface area (Å²) in [5.41, 5.74) is 0.177. The van der Waals surface area contributed by atoms with Crippen molar-refractivity contribution in [1.29, 1.82) is 10.8 Å². The fraction of sp³-hybridized carbons (Fsp3) is 0.467. The Morgan fingerprint density at radius 2 is 2.18 bits per heavy atom. The van der Waals surface area contributed by atoms with Crippen molar-refractivity contribution in [1.82, 2.24) is 25.1 Å². The third-order valence-electron chi connectivity index (χ3n) is 4.06. The van der Waals surface area contributed by atoms with E-state index in [4.69, 9.17) is 15.6 Å². The summed E-state index contributed by atoms with van der Waals surface area (Å²) in [6.45, 7) is 2.94. The Hall–Kier alpha value is -1.70. The summed E-state index contributed by atoms with van der Waals surface area (Å²) in [4.78, 5) is 31.8. The molecule has 1 aliphatic rings. The van der Waals surface area contributed by atoms with Gasteiger partial charge in [-0.1, -0.05) is 11.8 Å². The molecule has 0 saturated carbocycles. The smallest absolute Gasteiger partial charge is 0.262 e. The molecule has 0 spiro atoms. The molecule has 1 atom stereocenters. The number of rotatable bonds is 4. The number of aromatic nitrogens is 4. The molecular formula is C15H18BrN7O3S2. The Morgan fingerprint density at radius 3 is 2.86 bits per heavy atom. The van der Waals surface area contributed by atoms with Gasteiger partial charge in [0.2, 0.25) is 5.91 Å². The number of nitrogens with one attached hydrogen (secondary N) is 4. The summed E-state index contributed by atoms with van der Waals surface area (Å²) in [6.07, 6.45) is 3.11. The molecule has 1 amide bonds. The number of hydrogen-bond acceptors (Lipinski definition) is 9. The van der Waals surface area contributed by atoms with Crippen molar-refractivity contribution >= 4 is 65.5 Å². The minimum Gasteiger partial charge on any atom is -0.381 e. The van der Waals surface area contributed by atoms with E-state index in [0.29, 0.717) is 29.4 Å².